The average Bonchev–Trinajstić information content (AvgIpc) is 2.97. The van der Waals surface area contributed by atoms with Crippen LogP contribution in [0.2, 0.25) is 0 Å². The first-order valence-corrected chi connectivity index (χ1v) is 5.52. The number of rotatable bonds is 2. The van der Waals surface area contributed by atoms with Gasteiger partial charge in [0.1, 0.15) is 17.2 Å². The Bertz CT molecular complexity index is 667. The van der Waals surface area contributed by atoms with Crippen molar-refractivity contribution in [1.82, 2.24) is 24.8 Å². The van der Waals surface area contributed by atoms with Crippen molar-refractivity contribution in [2.24, 2.45) is 7.05 Å². The Morgan fingerprint density at radius 1 is 1.06 bits per heavy atom. The van der Waals surface area contributed by atoms with Crippen molar-refractivity contribution < 1.29 is 0 Å². The summed E-state index contributed by atoms with van der Waals surface area (Å²) in [5, 5.41) is 12.7. The van der Waals surface area contributed by atoms with Gasteiger partial charge in [-0.05, 0) is 12.1 Å². The molecule has 0 aliphatic carbocycles. The predicted molar refractivity (Wildman–Crippen MR) is 68.0 cm³/mol. The Labute approximate surface area is 104 Å². The number of benzene rings is 1. The highest BCUT2D eigenvalue weighted by molar-refractivity contribution is 5.59. The second-order valence-electron chi connectivity index (χ2n) is 3.92. The minimum Gasteiger partial charge on any atom is -0.384 e. The maximum Gasteiger partial charge on any atom is 0.133 e. The van der Waals surface area contributed by atoms with E-state index < -0.39 is 0 Å². The fraction of sp³-hybridized carbons (Fsp3) is 0.0833. The number of hydrogen-bond donors (Lipinski definition) is 1. The second-order valence-corrected chi connectivity index (χ2v) is 3.92. The molecule has 0 radical (unpaired) electrons. The van der Waals surface area contributed by atoms with Gasteiger partial charge in [0, 0.05) is 13.1 Å². The number of nitrogens with zero attached hydrogens (tertiary/aromatic N) is 5. The summed E-state index contributed by atoms with van der Waals surface area (Å²) in [6.07, 6.45) is 1.66. The minimum atomic E-state index is 0.571. The van der Waals surface area contributed by atoms with Crippen LogP contribution in [0.15, 0.2) is 42.6 Å². The minimum absolute atomic E-state index is 0.571. The molecule has 0 aliphatic heterocycles. The van der Waals surface area contributed by atoms with Gasteiger partial charge in [0.25, 0.3) is 0 Å². The number of nitrogen functional groups attached to an aromatic ring is 1. The Kier molecular flexibility index (Phi) is 2.33. The summed E-state index contributed by atoms with van der Waals surface area (Å²) in [4.78, 5) is 1.49. The van der Waals surface area contributed by atoms with Gasteiger partial charge in [0.05, 0.1) is 11.9 Å². The quantitative estimate of drug-likeness (QED) is 0.731. The van der Waals surface area contributed by atoms with Crippen molar-refractivity contribution >= 4 is 5.82 Å². The summed E-state index contributed by atoms with van der Waals surface area (Å²) in [6, 6.07) is 11.5. The second kappa shape index (κ2) is 3.99. The summed E-state index contributed by atoms with van der Waals surface area (Å²) >= 11 is 0. The van der Waals surface area contributed by atoms with Gasteiger partial charge in [-0.25, -0.2) is 4.68 Å². The first-order valence-electron chi connectivity index (χ1n) is 5.52. The Morgan fingerprint density at radius 2 is 1.83 bits per heavy atom. The van der Waals surface area contributed by atoms with E-state index in [1.54, 1.807) is 24.0 Å². The van der Waals surface area contributed by atoms with Gasteiger partial charge in [0.2, 0.25) is 0 Å². The van der Waals surface area contributed by atoms with Gasteiger partial charge in [-0.2, -0.15) is 20.1 Å². The molecule has 1 aromatic carbocycles. The van der Waals surface area contributed by atoms with Crippen LogP contribution in [0.25, 0.3) is 17.1 Å². The van der Waals surface area contributed by atoms with Crippen LogP contribution >= 0.6 is 0 Å². The molecule has 0 aliphatic rings. The monoisotopic (exact) mass is 240 g/mol. The topological polar surface area (TPSA) is 74.6 Å². The third kappa shape index (κ3) is 1.73. The van der Waals surface area contributed by atoms with Crippen LogP contribution in [0.5, 0.6) is 0 Å². The van der Waals surface area contributed by atoms with E-state index in [-0.39, 0.29) is 0 Å². The number of anilines is 1. The van der Waals surface area contributed by atoms with Crippen molar-refractivity contribution in [2.45, 2.75) is 0 Å². The van der Waals surface area contributed by atoms with Crippen LogP contribution in [0, 0.1) is 0 Å². The first-order chi connectivity index (χ1) is 8.74. The molecular weight excluding hydrogens is 228 g/mol. The molecule has 0 bridgehead atoms. The van der Waals surface area contributed by atoms with Crippen LogP contribution in [-0.4, -0.2) is 24.8 Å². The van der Waals surface area contributed by atoms with E-state index in [1.807, 2.05) is 30.3 Å². The van der Waals surface area contributed by atoms with Crippen LogP contribution in [0.3, 0.4) is 0 Å². The Balaban J connectivity index is 2.06. The molecule has 0 fully saturated rings. The van der Waals surface area contributed by atoms with Crippen molar-refractivity contribution in [3.05, 3.63) is 42.6 Å². The lowest BCUT2D eigenvalue weighted by atomic mass is 10.3. The van der Waals surface area contributed by atoms with E-state index in [4.69, 9.17) is 5.73 Å². The Morgan fingerprint density at radius 3 is 2.50 bits per heavy atom. The zero-order chi connectivity index (χ0) is 12.5. The summed E-state index contributed by atoms with van der Waals surface area (Å²) < 4.78 is 1.68. The summed E-state index contributed by atoms with van der Waals surface area (Å²) in [5.41, 5.74) is 8.30. The van der Waals surface area contributed by atoms with E-state index in [2.05, 4.69) is 15.3 Å². The largest absolute Gasteiger partial charge is 0.384 e. The number of hydrogen-bond acceptors (Lipinski definition) is 4. The smallest absolute Gasteiger partial charge is 0.133 e. The molecule has 0 atom stereocenters. The molecule has 0 saturated heterocycles. The maximum absolute atomic E-state index is 5.96. The zero-order valence-electron chi connectivity index (χ0n) is 9.85. The highest BCUT2D eigenvalue weighted by Crippen LogP contribution is 2.20. The van der Waals surface area contributed by atoms with E-state index in [0.29, 0.717) is 17.2 Å². The maximum atomic E-state index is 5.96. The fourth-order valence-electron chi connectivity index (χ4n) is 1.76. The molecule has 0 saturated carbocycles. The summed E-state index contributed by atoms with van der Waals surface area (Å²) in [6.45, 7) is 0. The van der Waals surface area contributed by atoms with Crippen LogP contribution < -0.4 is 5.73 Å². The molecule has 2 N–H and O–H groups in total. The molecule has 3 aromatic rings. The highest BCUT2D eigenvalue weighted by Gasteiger charge is 2.10. The number of para-hydroxylation sites is 1. The highest BCUT2D eigenvalue weighted by atomic mass is 15.5. The molecular formula is C12H12N6. The van der Waals surface area contributed by atoms with Crippen LogP contribution in [0.4, 0.5) is 5.82 Å². The normalized spacial score (nSPS) is 10.7. The van der Waals surface area contributed by atoms with E-state index in [0.717, 1.165) is 5.69 Å². The summed E-state index contributed by atoms with van der Waals surface area (Å²) in [7, 11) is 1.76. The molecule has 6 heteroatoms. The lowest BCUT2D eigenvalue weighted by molar-refractivity contribution is 0.655. The van der Waals surface area contributed by atoms with Gasteiger partial charge in [-0.3, -0.25) is 0 Å². The molecule has 0 spiro atoms. The van der Waals surface area contributed by atoms with Crippen molar-refractivity contribution in [1.29, 1.82) is 0 Å². The van der Waals surface area contributed by atoms with Gasteiger partial charge in [-0.15, -0.1) is 0 Å². The van der Waals surface area contributed by atoms with Gasteiger partial charge in [0.15, 0.2) is 0 Å². The Hall–Kier alpha value is -2.63. The van der Waals surface area contributed by atoms with Crippen LogP contribution in [0.1, 0.15) is 0 Å². The number of aryl methyl sites for hydroxylation is 1. The van der Waals surface area contributed by atoms with Gasteiger partial charge < -0.3 is 5.73 Å². The molecule has 0 unspecified atom stereocenters. The molecule has 18 heavy (non-hydrogen) atoms. The lowest BCUT2D eigenvalue weighted by Gasteiger charge is -2.02. The average molecular weight is 240 g/mol. The van der Waals surface area contributed by atoms with Crippen molar-refractivity contribution in [3.63, 3.8) is 0 Å². The third-order valence-electron chi connectivity index (χ3n) is 2.60. The molecule has 2 aromatic heterocycles. The molecule has 3 rings (SSSR count). The van der Waals surface area contributed by atoms with Crippen molar-refractivity contribution in [2.75, 3.05) is 5.73 Å². The first kappa shape index (κ1) is 10.5. The molecule has 90 valence electrons. The van der Waals surface area contributed by atoms with E-state index in [9.17, 15) is 0 Å². The number of aromatic nitrogens is 5. The van der Waals surface area contributed by atoms with E-state index in [1.165, 1.54) is 4.80 Å². The zero-order valence-corrected chi connectivity index (χ0v) is 9.85. The predicted octanol–water partition coefficient (Wildman–Crippen LogP) is 1.25. The van der Waals surface area contributed by atoms with E-state index >= 15 is 0 Å². The lowest BCUT2D eigenvalue weighted by Crippen LogP contribution is -2.01. The van der Waals surface area contributed by atoms with Crippen LogP contribution in [-0.2, 0) is 7.05 Å². The van der Waals surface area contributed by atoms with Gasteiger partial charge >= 0.3 is 0 Å². The molecule has 6 nitrogen and oxygen atoms in total. The summed E-state index contributed by atoms with van der Waals surface area (Å²) in [5.74, 6) is 0.571. The number of nitrogens with two attached hydrogens (primary N) is 1. The standard InChI is InChI=1S/C12H12N6/c1-17-14-8-11(15-17)10-7-12(13)18(16-10)9-5-3-2-4-6-9/h2-8H,13H2,1H3. The SMILES string of the molecule is Cn1ncc(-c2cc(N)n(-c3ccccc3)n2)n1. The van der Waals surface area contributed by atoms with Crippen molar-refractivity contribution in [3.8, 4) is 17.1 Å². The molecule has 0 amide bonds. The molecule has 2 heterocycles. The third-order valence-corrected chi connectivity index (χ3v) is 2.60. The fourth-order valence-corrected chi connectivity index (χ4v) is 1.76. The van der Waals surface area contributed by atoms with Gasteiger partial charge in [-0.1, -0.05) is 18.2 Å².